The summed E-state index contributed by atoms with van der Waals surface area (Å²) in [6, 6.07) is 5.80. The van der Waals surface area contributed by atoms with E-state index in [1.54, 1.807) is 7.11 Å². The molecule has 88 valence electrons. The number of hydrogen-bond acceptors (Lipinski definition) is 4. The van der Waals surface area contributed by atoms with E-state index in [2.05, 4.69) is 10.1 Å². The Morgan fingerprint density at radius 1 is 1.38 bits per heavy atom. The fraction of sp³-hybridized carbons (Fsp3) is 0.417. The summed E-state index contributed by atoms with van der Waals surface area (Å²) in [6.45, 7) is 2.54. The van der Waals surface area contributed by atoms with Gasteiger partial charge in [0.05, 0.1) is 20.6 Å². The van der Waals surface area contributed by atoms with Gasteiger partial charge < -0.3 is 14.8 Å². The van der Waals surface area contributed by atoms with E-state index >= 15 is 0 Å². The van der Waals surface area contributed by atoms with Crippen LogP contribution in [-0.4, -0.2) is 26.7 Å². The van der Waals surface area contributed by atoms with Gasteiger partial charge in [0.1, 0.15) is 5.75 Å². The quantitative estimate of drug-likeness (QED) is 0.775. The van der Waals surface area contributed by atoms with Gasteiger partial charge in [0, 0.05) is 12.2 Å². The minimum atomic E-state index is -0.210. The second-order valence-corrected chi connectivity index (χ2v) is 3.44. The van der Waals surface area contributed by atoms with Crippen molar-refractivity contribution in [3.8, 4) is 5.75 Å². The van der Waals surface area contributed by atoms with E-state index in [0.717, 1.165) is 17.0 Å². The summed E-state index contributed by atoms with van der Waals surface area (Å²) < 4.78 is 9.71. The minimum absolute atomic E-state index is 0.210. The van der Waals surface area contributed by atoms with Crippen LogP contribution in [0, 0.1) is 6.92 Å². The molecule has 0 fully saturated rings. The van der Waals surface area contributed by atoms with E-state index in [-0.39, 0.29) is 5.97 Å². The summed E-state index contributed by atoms with van der Waals surface area (Å²) >= 11 is 0. The van der Waals surface area contributed by atoms with Crippen molar-refractivity contribution in [2.24, 2.45) is 0 Å². The van der Waals surface area contributed by atoms with Gasteiger partial charge in [-0.05, 0) is 30.7 Å². The Morgan fingerprint density at radius 3 is 2.69 bits per heavy atom. The first kappa shape index (κ1) is 12.4. The van der Waals surface area contributed by atoms with E-state index in [4.69, 9.17) is 4.74 Å². The maximum Gasteiger partial charge on any atom is 0.307 e. The van der Waals surface area contributed by atoms with Crippen molar-refractivity contribution in [1.82, 2.24) is 0 Å². The molecule has 0 atom stereocenters. The molecule has 0 aliphatic heterocycles. The van der Waals surface area contributed by atoms with Crippen LogP contribution >= 0.6 is 0 Å². The average molecular weight is 223 g/mol. The molecule has 0 radical (unpaired) electrons. The van der Waals surface area contributed by atoms with Crippen LogP contribution in [0.4, 0.5) is 5.69 Å². The number of anilines is 1. The summed E-state index contributed by atoms with van der Waals surface area (Å²) in [4.78, 5) is 10.9. The SMILES string of the molecule is COC(=O)CCNc1ccc(OC)c(C)c1. The lowest BCUT2D eigenvalue weighted by molar-refractivity contribution is -0.140. The molecule has 1 aromatic rings. The van der Waals surface area contributed by atoms with Gasteiger partial charge in [0.25, 0.3) is 0 Å². The third-order valence-electron chi connectivity index (χ3n) is 2.28. The zero-order valence-corrected chi connectivity index (χ0v) is 9.87. The van der Waals surface area contributed by atoms with Gasteiger partial charge in [-0.25, -0.2) is 0 Å². The summed E-state index contributed by atoms with van der Waals surface area (Å²) in [5, 5.41) is 3.15. The number of ether oxygens (including phenoxy) is 2. The molecule has 1 rings (SSSR count). The number of methoxy groups -OCH3 is 2. The van der Waals surface area contributed by atoms with Crippen molar-refractivity contribution in [3.63, 3.8) is 0 Å². The number of carbonyl (C=O) groups is 1. The summed E-state index contributed by atoms with van der Waals surface area (Å²) in [5.41, 5.74) is 2.03. The first-order chi connectivity index (χ1) is 7.67. The van der Waals surface area contributed by atoms with Crippen LogP contribution in [-0.2, 0) is 9.53 Å². The van der Waals surface area contributed by atoms with Gasteiger partial charge in [-0.2, -0.15) is 0 Å². The Balaban J connectivity index is 2.49. The lowest BCUT2D eigenvalue weighted by Gasteiger charge is -2.09. The van der Waals surface area contributed by atoms with E-state index < -0.39 is 0 Å². The molecule has 1 N–H and O–H groups in total. The predicted molar refractivity (Wildman–Crippen MR) is 62.9 cm³/mol. The molecule has 0 unspecified atom stereocenters. The second-order valence-electron chi connectivity index (χ2n) is 3.44. The zero-order chi connectivity index (χ0) is 12.0. The Bertz CT molecular complexity index is 363. The lowest BCUT2D eigenvalue weighted by Crippen LogP contribution is -2.09. The molecule has 4 heteroatoms. The lowest BCUT2D eigenvalue weighted by atomic mass is 10.2. The highest BCUT2D eigenvalue weighted by Crippen LogP contribution is 2.21. The Hall–Kier alpha value is -1.71. The Labute approximate surface area is 95.6 Å². The minimum Gasteiger partial charge on any atom is -0.496 e. The molecule has 16 heavy (non-hydrogen) atoms. The number of hydrogen-bond donors (Lipinski definition) is 1. The average Bonchev–Trinajstić information content (AvgIpc) is 2.29. The molecule has 0 saturated carbocycles. The van der Waals surface area contributed by atoms with Gasteiger partial charge in [-0.15, -0.1) is 0 Å². The molecule has 0 heterocycles. The van der Waals surface area contributed by atoms with E-state index in [0.29, 0.717) is 13.0 Å². The van der Waals surface area contributed by atoms with E-state index in [1.807, 2.05) is 25.1 Å². The van der Waals surface area contributed by atoms with Crippen LogP contribution in [0.2, 0.25) is 0 Å². The molecular formula is C12H17NO3. The van der Waals surface area contributed by atoms with Gasteiger partial charge >= 0.3 is 5.97 Å². The van der Waals surface area contributed by atoms with Gasteiger partial charge in [0.15, 0.2) is 0 Å². The first-order valence-corrected chi connectivity index (χ1v) is 5.12. The smallest absolute Gasteiger partial charge is 0.307 e. The Kier molecular flexibility index (Phi) is 4.64. The molecular weight excluding hydrogens is 206 g/mol. The summed E-state index contributed by atoms with van der Waals surface area (Å²) in [6.07, 6.45) is 0.363. The molecule has 4 nitrogen and oxygen atoms in total. The van der Waals surface area contributed by atoms with Crippen LogP contribution in [0.15, 0.2) is 18.2 Å². The molecule has 0 aliphatic carbocycles. The Morgan fingerprint density at radius 2 is 2.12 bits per heavy atom. The van der Waals surface area contributed by atoms with Crippen molar-refractivity contribution in [3.05, 3.63) is 23.8 Å². The molecule has 0 bridgehead atoms. The fourth-order valence-corrected chi connectivity index (χ4v) is 1.40. The fourth-order valence-electron chi connectivity index (χ4n) is 1.40. The highest BCUT2D eigenvalue weighted by atomic mass is 16.5. The van der Waals surface area contributed by atoms with Crippen LogP contribution in [0.3, 0.4) is 0 Å². The van der Waals surface area contributed by atoms with E-state index in [1.165, 1.54) is 7.11 Å². The number of benzene rings is 1. The highest BCUT2D eigenvalue weighted by molar-refractivity contribution is 5.69. The monoisotopic (exact) mass is 223 g/mol. The summed E-state index contributed by atoms with van der Waals surface area (Å²) in [7, 11) is 3.03. The van der Waals surface area contributed by atoms with Gasteiger partial charge in [-0.1, -0.05) is 0 Å². The summed E-state index contributed by atoms with van der Waals surface area (Å²) in [5.74, 6) is 0.649. The number of carbonyl (C=O) groups excluding carboxylic acids is 1. The number of aryl methyl sites for hydroxylation is 1. The topological polar surface area (TPSA) is 47.6 Å². The normalized spacial score (nSPS) is 9.69. The first-order valence-electron chi connectivity index (χ1n) is 5.12. The standard InChI is InChI=1S/C12H17NO3/c1-9-8-10(4-5-11(9)15-2)13-7-6-12(14)16-3/h4-5,8,13H,6-7H2,1-3H3. The highest BCUT2D eigenvalue weighted by Gasteiger charge is 2.01. The third kappa shape index (κ3) is 3.46. The van der Waals surface area contributed by atoms with Crippen LogP contribution in [0.25, 0.3) is 0 Å². The third-order valence-corrected chi connectivity index (χ3v) is 2.28. The van der Waals surface area contributed by atoms with E-state index in [9.17, 15) is 4.79 Å². The van der Waals surface area contributed by atoms with Gasteiger partial charge in [-0.3, -0.25) is 4.79 Å². The van der Waals surface area contributed by atoms with Crippen molar-refractivity contribution >= 4 is 11.7 Å². The predicted octanol–water partition coefficient (Wildman–Crippen LogP) is 1.98. The van der Waals surface area contributed by atoms with Crippen LogP contribution in [0.1, 0.15) is 12.0 Å². The van der Waals surface area contributed by atoms with Gasteiger partial charge in [0.2, 0.25) is 0 Å². The molecule has 0 aromatic heterocycles. The largest absolute Gasteiger partial charge is 0.496 e. The van der Waals surface area contributed by atoms with Crippen LogP contribution in [0.5, 0.6) is 5.75 Å². The molecule has 0 amide bonds. The maximum absolute atomic E-state index is 10.9. The van der Waals surface area contributed by atoms with Crippen LogP contribution < -0.4 is 10.1 Å². The maximum atomic E-state index is 10.9. The van der Waals surface area contributed by atoms with Crippen molar-refractivity contribution in [2.45, 2.75) is 13.3 Å². The van der Waals surface area contributed by atoms with Crippen molar-refractivity contribution in [2.75, 3.05) is 26.1 Å². The molecule has 0 saturated heterocycles. The number of rotatable bonds is 5. The molecule has 1 aromatic carbocycles. The molecule has 0 spiro atoms. The molecule has 0 aliphatic rings. The zero-order valence-electron chi connectivity index (χ0n) is 9.87. The number of esters is 1. The van der Waals surface area contributed by atoms with Crippen molar-refractivity contribution < 1.29 is 14.3 Å². The number of nitrogens with one attached hydrogen (secondary N) is 1. The second kappa shape index (κ2) is 6.00. The van der Waals surface area contributed by atoms with Crippen molar-refractivity contribution in [1.29, 1.82) is 0 Å².